The van der Waals surface area contributed by atoms with Crippen molar-refractivity contribution in [3.63, 3.8) is 0 Å². The van der Waals surface area contributed by atoms with Gasteiger partial charge in [-0.05, 0) is 24.3 Å². The summed E-state index contributed by atoms with van der Waals surface area (Å²) < 4.78 is 5.99. The third kappa shape index (κ3) is 3.37. The Morgan fingerprint density at radius 1 is 0.800 bits per heavy atom. The van der Waals surface area contributed by atoms with Gasteiger partial charge in [-0.3, -0.25) is 4.98 Å². The van der Waals surface area contributed by atoms with E-state index in [4.69, 9.17) is 4.42 Å². The van der Waals surface area contributed by atoms with E-state index in [1.54, 1.807) is 24.4 Å². The SMILES string of the molecule is Oc1ccccc1-c1nc(-c2ccccc2)c(-c2ccccn2)o1.[Zn]. The zero-order valence-electron chi connectivity index (χ0n) is 13.5. The van der Waals surface area contributed by atoms with Gasteiger partial charge < -0.3 is 9.52 Å². The predicted octanol–water partition coefficient (Wildman–Crippen LogP) is 4.77. The van der Waals surface area contributed by atoms with Crippen molar-refractivity contribution >= 4 is 0 Å². The molecule has 2 aromatic heterocycles. The molecular formula is C20H14N2O2Zn. The normalized spacial score (nSPS) is 10.2. The molecule has 4 rings (SSSR count). The van der Waals surface area contributed by atoms with Crippen LogP contribution in [0.2, 0.25) is 0 Å². The predicted molar refractivity (Wildman–Crippen MR) is 92.3 cm³/mol. The van der Waals surface area contributed by atoms with Crippen LogP contribution in [-0.2, 0) is 19.5 Å². The Bertz CT molecular complexity index is 912. The third-order valence-electron chi connectivity index (χ3n) is 3.71. The first kappa shape index (κ1) is 17.1. The summed E-state index contributed by atoms with van der Waals surface area (Å²) in [5.41, 5.74) is 2.89. The molecule has 0 unspecified atom stereocenters. The van der Waals surface area contributed by atoms with Gasteiger partial charge in [-0.25, -0.2) is 4.98 Å². The van der Waals surface area contributed by atoms with E-state index in [0.29, 0.717) is 28.6 Å². The summed E-state index contributed by atoms with van der Waals surface area (Å²) in [6, 6.07) is 22.4. The van der Waals surface area contributed by atoms with E-state index in [0.717, 1.165) is 5.56 Å². The van der Waals surface area contributed by atoms with E-state index in [2.05, 4.69) is 9.97 Å². The van der Waals surface area contributed by atoms with Crippen LogP contribution < -0.4 is 0 Å². The first-order valence-corrected chi connectivity index (χ1v) is 7.59. The number of oxazole rings is 1. The standard InChI is InChI=1S/C20H14N2O2.Zn/c23-17-12-5-4-10-15(17)20-22-18(14-8-2-1-3-9-14)19(24-20)16-11-6-7-13-21-16;/h1-13,23H;. The van der Waals surface area contributed by atoms with Crippen molar-refractivity contribution in [3.05, 3.63) is 79.0 Å². The Morgan fingerprint density at radius 3 is 2.24 bits per heavy atom. The molecule has 1 N–H and O–H groups in total. The smallest absolute Gasteiger partial charge is 0.231 e. The first-order chi connectivity index (χ1) is 11.8. The molecule has 0 radical (unpaired) electrons. The number of benzene rings is 2. The van der Waals surface area contributed by atoms with Crippen molar-refractivity contribution in [2.75, 3.05) is 0 Å². The fourth-order valence-corrected chi connectivity index (χ4v) is 2.55. The molecule has 118 valence electrons. The van der Waals surface area contributed by atoms with Crippen LogP contribution in [-0.4, -0.2) is 15.1 Å². The molecule has 0 aliphatic rings. The van der Waals surface area contributed by atoms with E-state index >= 15 is 0 Å². The van der Waals surface area contributed by atoms with Gasteiger partial charge in [0.2, 0.25) is 5.89 Å². The summed E-state index contributed by atoms with van der Waals surface area (Å²) in [6.07, 6.45) is 1.71. The molecule has 0 atom stereocenters. The number of hydrogen-bond acceptors (Lipinski definition) is 4. The maximum Gasteiger partial charge on any atom is 0.231 e. The minimum Gasteiger partial charge on any atom is -0.507 e. The fourth-order valence-electron chi connectivity index (χ4n) is 2.55. The van der Waals surface area contributed by atoms with Crippen LogP contribution in [0.25, 0.3) is 34.2 Å². The summed E-state index contributed by atoms with van der Waals surface area (Å²) in [5.74, 6) is 1.08. The van der Waals surface area contributed by atoms with Crippen molar-refractivity contribution in [2.24, 2.45) is 0 Å². The van der Waals surface area contributed by atoms with Crippen molar-refractivity contribution in [1.82, 2.24) is 9.97 Å². The van der Waals surface area contributed by atoms with Crippen molar-refractivity contribution in [1.29, 1.82) is 0 Å². The maximum atomic E-state index is 10.1. The Labute approximate surface area is 158 Å². The second kappa shape index (κ2) is 7.41. The number of phenols is 1. The number of rotatable bonds is 3. The number of hydrogen-bond donors (Lipinski definition) is 1. The van der Waals surface area contributed by atoms with Gasteiger partial charge in [0, 0.05) is 31.2 Å². The van der Waals surface area contributed by atoms with Crippen LogP contribution in [0.5, 0.6) is 5.75 Å². The van der Waals surface area contributed by atoms with Gasteiger partial charge in [0.1, 0.15) is 17.1 Å². The summed E-state index contributed by atoms with van der Waals surface area (Å²) in [7, 11) is 0. The Morgan fingerprint density at radius 2 is 1.52 bits per heavy atom. The number of phenolic OH excluding ortho intramolecular Hbond substituents is 1. The topological polar surface area (TPSA) is 59.2 Å². The van der Waals surface area contributed by atoms with Crippen LogP contribution in [0.3, 0.4) is 0 Å². The van der Waals surface area contributed by atoms with Crippen LogP contribution in [0, 0.1) is 0 Å². The molecule has 0 spiro atoms. The molecule has 0 aliphatic heterocycles. The van der Waals surface area contributed by atoms with Crippen LogP contribution in [0.4, 0.5) is 0 Å². The first-order valence-electron chi connectivity index (χ1n) is 7.59. The Kier molecular flexibility index (Phi) is 5.06. The Hall–Kier alpha value is -2.78. The van der Waals surface area contributed by atoms with Gasteiger partial charge in [0.05, 0.1) is 5.56 Å². The molecule has 25 heavy (non-hydrogen) atoms. The largest absolute Gasteiger partial charge is 0.507 e. The molecule has 0 amide bonds. The van der Waals surface area contributed by atoms with Gasteiger partial charge in [-0.1, -0.05) is 48.5 Å². The molecule has 4 nitrogen and oxygen atoms in total. The zero-order valence-corrected chi connectivity index (χ0v) is 16.4. The minimum absolute atomic E-state index is 0. The van der Waals surface area contributed by atoms with Crippen molar-refractivity contribution < 1.29 is 29.0 Å². The fraction of sp³-hybridized carbons (Fsp3) is 0. The molecule has 5 heteroatoms. The third-order valence-corrected chi connectivity index (χ3v) is 3.71. The van der Waals surface area contributed by atoms with Gasteiger partial charge in [-0.15, -0.1) is 0 Å². The summed E-state index contributed by atoms with van der Waals surface area (Å²) in [5, 5.41) is 10.1. The minimum atomic E-state index is 0. The zero-order chi connectivity index (χ0) is 16.4. The van der Waals surface area contributed by atoms with E-state index in [1.807, 2.05) is 54.6 Å². The quantitative estimate of drug-likeness (QED) is 0.521. The van der Waals surface area contributed by atoms with Gasteiger partial charge in [-0.2, -0.15) is 0 Å². The molecular weight excluding hydrogens is 366 g/mol. The van der Waals surface area contributed by atoms with E-state index in [9.17, 15) is 5.11 Å². The molecule has 2 heterocycles. The van der Waals surface area contributed by atoms with E-state index < -0.39 is 0 Å². The number of aromatic nitrogens is 2. The summed E-state index contributed by atoms with van der Waals surface area (Å²) in [4.78, 5) is 8.99. The van der Waals surface area contributed by atoms with Crippen molar-refractivity contribution in [3.8, 4) is 39.9 Å². The summed E-state index contributed by atoms with van der Waals surface area (Å²) >= 11 is 0. The van der Waals surface area contributed by atoms with E-state index in [1.165, 1.54) is 0 Å². The molecule has 0 saturated heterocycles. The monoisotopic (exact) mass is 378 g/mol. The number of nitrogens with zero attached hydrogens (tertiary/aromatic N) is 2. The molecule has 2 aromatic carbocycles. The van der Waals surface area contributed by atoms with Crippen LogP contribution in [0.1, 0.15) is 0 Å². The second-order valence-electron chi connectivity index (χ2n) is 5.29. The second-order valence-corrected chi connectivity index (χ2v) is 5.29. The van der Waals surface area contributed by atoms with Gasteiger partial charge >= 0.3 is 0 Å². The summed E-state index contributed by atoms with van der Waals surface area (Å²) in [6.45, 7) is 0. The Balaban J connectivity index is 0.00000182. The molecule has 4 aromatic rings. The molecule has 0 saturated carbocycles. The van der Waals surface area contributed by atoms with Crippen LogP contribution in [0.15, 0.2) is 83.4 Å². The molecule has 0 bridgehead atoms. The van der Waals surface area contributed by atoms with Crippen LogP contribution >= 0.6 is 0 Å². The van der Waals surface area contributed by atoms with E-state index in [-0.39, 0.29) is 25.2 Å². The maximum absolute atomic E-state index is 10.1. The molecule has 0 aliphatic carbocycles. The van der Waals surface area contributed by atoms with Crippen molar-refractivity contribution in [2.45, 2.75) is 0 Å². The molecule has 0 fully saturated rings. The van der Waals surface area contributed by atoms with Gasteiger partial charge in [0.15, 0.2) is 5.76 Å². The van der Waals surface area contributed by atoms with Gasteiger partial charge in [0.25, 0.3) is 0 Å². The number of aromatic hydroxyl groups is 1. The average molecular weight is 380 g/mol. The number of pyridine rings is 1. The number of para-hydroxylation sites is 1. The average Bonchev–Trinajstić information content (AvgIpc) is 3.09.